The zero-order chi connectivity index (χ0) is 16.7. The number of likely N-dealkylation sites (tertiary alicyclic amines) is 1. The Morgan fingerprint density at radius 1 is 1.22 bits per heavy atom. The molecule has 1 atom stereocenters. The maximum absolute atomic E-state index is 12.2. The summed E-state index contributed by atoms with van der Waals surface area (Å²) in [5.74, 6) is -0.862. The molecule has 1 aliphatic heterocycles. The van der Waals surface area contributed by atoms with Gasteiger partial charge in [0.2, 0.25) is 0 Å². The van der Waals surface area contributed by atoms with Crippen LogP contribution in [0.3, 0.4) is 0 Å². The third-order valence-corrected chi connectivity index (χ3v) is 4.28. The highest BCUT2D eigenvalue weighted by Gasteiger charge is 2.40. The minimum Gasteiger partial charge on any atom is -0.481 e. The summed E-state index contributed by atoms with van der Waals surface area (Å²) >= 11 is 0. The molecule has 1 amide bonds. The molecule has 1 N–H and O–H groups in total. The van der Waals surface area contributed by atoms with Gasteiger partial charge < -0.3 is 19.5 Å². The van der Waals surface area contributed by atoms with Crippen molar-refractivity contribution >= 4 is 12.1 Å². The van der Waals surface area contributed by atoms with E-state index in [9.17, 15) is 14.7 Å². The Morgan fingerprint density at radius 3 is 2.61 bits per heavy atom. The zero-order valence-electron chi connectivity index (χ0n) is 13.4. The SMILES string of the molecule is COCC1(C(=O)O)CCCN(C(=O)OCc2ccccc2)CC1. The lowest BCUT2D eigenvalue weighted by molar-refractivity contribution is -0.153. The molecule has 1 unspecified atom stereocenters. The van der Waals surface area contributed by atoms with E-state index in [1.807, 2.05) is 30.3 Å². The van der Waals surface area contributed by atoms with Crippen LogP contribution in [0.25, 0.3) is 0 Å². The lowest BCUT2D eigenvalue weighted by Gasteiger charge is -2.27. The smallest absolute Gasteiger partial charge is 0.410 e. The molecule has 0 radical (unpaired) electrons. The van der Waals surface area contributed by atoms with Crippen LogP contribution in [0, 0.1) is 5.41 Å². The normalized spacial score (nSPS) is 21.5. The Kier molecular flexibility index (Phi) is 5.98. The van der Waals surface area contributed by atoms with Crippen molar-refractivity contribution in [2.45, 2.75) is 25.9 Å². The fraction of sp³-hybridized carbons (Fsp3) is 0.529. The fourth-order valence-electron chi connectivity index (χ4n) is 2.88. The number of carboxylic acid groups (broad SMARTS) is 1. The quantitative estimate of drug-likeness (QED) is 0.902. The Morgan fingerprint density at radius 2 is 1.96 bits per heavy atom. The summed E-state index contributed by atoms with van der Waals surface area (Å²) in [6, 6.07) is 9.47. The van der Waals surface area contributed by atoms with Gasteiger partial charge in [-0.3, -0.25) is 4.79 Å². The van der Waals surface area contributed by atoms with Crippen LogP contribution in [0.15, 0.2) is 30.3 Å². The van der Waals surface area contributed by atoms with Crippen molar-refractivity contribution in [3.8, 4) is 0 Å². The highest BCUT2D eigenvalue weighted by Crippen LogP contribution is 2.32. The molecule has 0 bridgehead atoms. The number of benzene rings is 1. The summed E-state index contributed by atoms with van der Waals surface area (Å²) in [7, 11) is 1.50. The van der Waals surface area contributed by atoms with E-state index in [-0.39, 0.29) is 13.2 Å². The molecular weight excluding hydrogens is 298 g/mol. The second kappa shape index (κ2) is 7.97. The summed E-state index contributed by atoms with van der Waals surface area (Å²) in [4.78, 5) is 25.4. The molecule has 1 aromatic carbocycles. The number of nitrogens with zero attached hydrogens (tertiary/aromatic N) is 1. The van der Waals surface area contributed by atoms with Crippen molar-refractivity contribution in [2.24, 2.45) is 5.41 Å². The van der Waals surface area contributed by atoms with E-state index in [1.165, 1.54) is 7.11 Å². The van der Waals surface area contributed by atoms with E-state index >= 15 is 0 Å². The standard InChI is InChI=1S/C17H23NO5/c1-22-13-17(15(19)20)8-5-10-18(11-9-17)16(21)23-12-14-6-3-2-4-7-14/h2-4,6-7H,5,8-13H2,1H3,(H,19,20). The summed E-state index contributed by atoms with van der Waals surface area (Å²) in [6.07, 6.45) is 1.10. The molecule has 0 saturated carbocycles. The number of aliphatic carboxylic acids is 1. The lowest BCUT2D eigenvalue weighted by atomic mass is 9.81. The molecule has 1 saturated heterocycles. The first kappa shape index (κ1) is 17.3. The molecule has 1 heterocycles. The Labute approximate surface area is 136 Å². The predicted molar refractivity (Wildman–Crippen MR) is 84.0 cm³/mol. The first-order valence-electron chi connectivity index (χ1n) is 7.75. The van der Waals surface area contributed by atoms with Crippen LogP contribution in [0.4, 0.5) is 4.79 Å². The summed E-state index contributed by atoms with van der Waals surface area (Å²) in [6.45, 7) is 1.25. The van der Waals surface area contributed by atoms with Crippen molar-refractivity contribution in [2.75, 3.05) is 26.8 Å². The third-order valence-electron chi connectivity index (χ3n) is 4.28. The number of amides is 1. The molecule has 1 fully saturated rings. The molecule has 6 nitrogen and oxygen atoms in total. The molecule has 2 rings (SSSR count). The third kappa shape index (κ3) is 4.45. The van der Waals surface area contributed by atoms with E-state index < -0.39 is 17.5 Å². The number of rotatable bonds is 5. The number of carbonyl (C=O) groups is 2. The van der Waals surface area contributed by atoms with Gasteiger partial charge in [0.15, 0.2) is 0 Å². The lowest BCUT2D eigenvalue weighted by Crippen LogP contribution is -2.38. The van der Waals surface area contributed by atoms with Gasteiger partial charge in [0, 0.05) is 20.2 Å². The number of hydrogen-bond donors (Lipinski definition) is 1. The number of methoxy groups -OCH3 is 1. The highest BCUT2D eigenvalue weighted by molar-refractivity contribution is 5.75. The van der Waals surface area contributed by atoms with Gasteiger partial charge in [0.05, 0.1) is 12.0 Å². The Bertz CT molecular complexity index is 533. The largest absolute Gasteiger partial charge is 0.481 e. The van der Waals surface area contributed by atoms with Crippen LogP contribution < -0.4 is 0 Å². The molecule has 6 heteroatoms. The van der Waals surface area contributed by atoms with E-state index in [4.69, 9.17) is 9.47 Å². The van der Waals surface area contributed by atoms with Gasteiger partial charge >= 0.3 is 12.1 Å². The average molecular weight is 321 g/mol. The van der Waals surface area contributed by atoms with Crippen molar-refractivity contribution in [1.82, 2.24) is 4.90 Å². The fourth-order valence-corrected chi connectivity index (χ4v) is 2.88. The maximum atomic E-state index is 12.2. The van der Waals surface area contributed by atoms with Gasteiger partial charge in [-0.15, -0.1) is 0 Å². The van der Waals surface area contributed by atoms with E-state index in [0.717, 1.165) is 5.56 Å². The van der Waals surface area contributed by atoms with Crippen LogP contribution in [0.2, 0.25) is 0 Å². The van der Waals surface area contributed by atoms with Gasteiger partial charge in [0.25, 0.3) is 0 Å². The van der Waals surface area contributed by atoms with Gasteiger partial charge in [0.1, 0.15) is 6.61 Å². The molecule has 0 aromatic heterocycles. The van der Waals surface area contributed by atoms with Crippen molar-refractivity contribution in [3.63, 3.8) is 0 Å². The summed E-state index contributed by atoms with van der Waals surface area (Å²) in [5.41, 5.74) is 0.0124. The Hall–Kier alpha value is -2.08. The van der Waals surface area contributed by atoms with E-state index in [1.54, 1.807) is 4.90 Å². The van der Waals surface area contributed by atoms with Crippen LogP contribution >= 0.6 is 0 Å². The molecular formula is C17H23NO5. The average Bonchev–Trinajstić information content (AvgIpc) is 2.78. The van der Waals surface area contributed by atoms with Gasteiger partial charge in [-0.05, 0) is 24.8 Å². The Balaban J connectivity index is 1.91. The minimum absolute atomic E-state index is 0.162. The highest BCUT2D eigenvalue weighted by atomic mass is 16.6. The van der Waals surface area contributed by atoms with Crippen molar-refractivity contribution in [3.05, 3.63) is 35.9 Å². The zero-order valence-corrected chi connectivity index (χ0v) is 13.4. The molecule has 1 aliphatic rings. The van der Waals surface area contributed by atoms with Gasteiger partial charge in [-0.2, -0.15) is 0 Å². The van der Waals surface area contributed by atoms with Crippen molar-refractivity contribution < 1.29 is 24.2 Å². The molecule has 126 valence electrons. The predicted octanol–water partition coefficient (Wildman–Crippen LogP) is 2.53. The van der Waals surface area contributed by atoms with Crippen LogP contribution in [-0.2, 0) is 20.9 Å². The molecule has 1 aromatic rings. The second-order valence-corrected chi connectivity index (χ2v) is 5.90. The maximum Gasteiger partial charge on any atom is 0.410 e. The summed E-state index contributed by atoms with van der Waals surface area (Å²) in [5, 5.41) is 9.51. The van der Waals surface area contributed by atoms with E-state index in [2.05, 4.69) is 0 Å². The number of hydrogen-bond acceptors (Lipinski definition) is 4. The second-order valence-electron chi connectivity index (χ2n) is 5.90. The number of carbonyl (C=O) groups excluding carboxylic acids is 1. The monoisotopic (exact) mass is 321 g/mol. The number of ether oxygens (including phenoxy) is 2. The molecule has 23 heavy (non-hydrogen) atoms. The topological polar surface area (TPSA) is 76.1 Å². The van der Waals surface area contributed by atoms with Crippen LogP contribution in [0.5, 0.6) is 0 Å². The minimum atomic E-state index is -0.913. The first-order valence-corrected chi connectivity index (χ1v) is 7.75. The molecule has 0 spiro atoms. The van der Waals surface area contributed by atoms with Crippen LogP contribution in [-0.4, -0.2) is 48.9 Å². The van der Waals surface area contributed by atoms with Gasteiger partial charge in [-0.1, -0.05) is 30.3 Å². The van der Waals surface area contributed by atoms with E-state index in [0.29, 0.717) is 32.4 Å². The van der Waals surface area contributed by atoms with Gasteiger partial charge in [-0.25, -0.2) is 4.79 Å². The number of carboxylic acids is 1. The van der Waals surface area contributed by atoms with Crippen molar-refractivity contribution in [1.29, 1.82) is 0 Å². The summed E-state index contributed by atoms with van der Waals surface area (Å²) < 4.78 is 10.4. The first-order chi connectivity index (χ1) is 11.1. The van der Waals surface area contributed by atoms with Crippen LogP contribution in [0.1, 0.15) is 24.8 Å². The molecule has 0 aliphatic carbocycles.